The Morgan fingerprint density at radius 1 is 0.955 bits per heavy atom. The molecule has 0 aliphatic rings. The molecule has 0 unspecified atom stereocenters. The van der Waals surface area contributed by atoms with Gasteiger partial charge in [0.05, 0.1) is 6.54 Å². The van der Waals surface area contributed by atoms with Crippen LogP contribution in [0.2, 0.25) is 0 Å². The average molecular weight is 304 g/mol. The van der Waals surface area contributed by atoms with Crippen molar-refractivity contribution in [3.05, 3.63) is 29.3 Å². The number of anilines is 1. The highest BCUT2D eigenvalue weighted by Crippen LogP contribution is 2.32. The Hall–Kier alpha value is -1.84. The maximum Gasteiger partial charge on any atom is 0.243 e. The van der Waals surface area contributed by atoms with E-state index in [4.69, 9.17) is 0 Å². The fourth-order valence-electron chi connectivity index (χ4n) is 2.25. The number of nitrogens with one attached hydrogen (secondary N) is 2. The van der Waals surface area contributed by atoms with Gasteiger partial charge < -0.3 is 10.6 Å². The third kappa shape index (κ3) is 4.86. The second-order valence-electron chi connectivity index (χ2n) is 6.54. The van der Waals surface area contributed by atoms with E-state index in [0.717, 1.165) is 16.8 Å². The van der Waals surface area contributed by atoms with E-state index in [0.29, 0.717) is 11.8 Å². The van der Waals surface area contributed by atoms with Gasteiger partial charge in [0.25, 0.3) is 0 Å². The number of para-hydroxylation sites is 1. The van der Waals surface area contributed by atoms with Crippen LogP contribution in [0.1, 0.15) is 64.5 Å². The summed E-state index contributed by atoms with van der Waals surface area (Å²) in [5.41, 5.74) is 3.13. The Bertz CT molecular complexity index is 508. The molecule has 0 fully saturated rings. The predicted octanol–water partition coefficient (Wildman–Crippen LogP) is 3.64. The molecule has 0 aromatic heterocycles. The maximum absolute atomic E-state index is 12.2. The van der Waals surface area contributed by atoms with Crippen LogP contribution >= 0.6 is 0 Å². The third-order valence-corrected chi connectivity index (χ3v) is 3.58. The molecule has 2 amide bonds. The van der Waals surface area contributed by atoms with Crippen molar-refractivity contribution in [3.8, 4) is 0 Å². The Balaban J connectivity index is 2.91. The quantitative estimate of drug-likeness (QED) is 0.843. The van der Waals surface area contributed by atoms with Crippen molar-refractivity contribution >= 4 is 17.5 Å². The second-order valence-corrected chi connectivity index (χ2v) is 6.54. The SMILES string of the molecule is CC(C)C(=O)NCC(=O)Nc1c(C(C)C)cccc1C(C)C. The highest BCUT2D eigenvalue weighted by atomic mass is 16.2. The first-order valence-electron chi connectivity index (χ1n) is 7.94. The lowest BCUT2D eigenvalue weighted by Crippen LogP contribution is -2.35. The molecule has 0 bridgehead atoms. The molecular formula is C18H28N2O2. The van der Waals surface area contributed by atoms with Crippen LogP contribution < -0.4 is 10.6 Å². The zero-order valence-electron chi connectivity index (χ0n) is 14.5. The largest absolute Gasteiger partial charge is 0.347 e. The number of benzene rings is 1. The Kier molecular flexibility index (Phi) is 6.60. The van der Waals surface area contributed by atoms with Gasteiger partial charge >= 0.3 is 0 Å². The Labute approximate surface area is 133 Å². The maximum atomic E-state index is 12.2. The van der Waals surface area contributed by atoms with Crippen molar-refractivity contribution in [3.63, 3.8) is 0 Å². The van der Waals surface area contributed by atoms with Crippen LogP contribution in [0, 0.1) is 5.92 Å². The lowest BCUT2D eigenvalue weighted by Gasteiger charge is -2.20. The normalized spacial score (nSPS) is 11.1. The minimum atomic E-state index is -0.191. The van der Waals surface area contributed by atoms with Crippen LogP contribution in [-0.4, -0.2) is 18.4 Å². The number of amides is 2. The minimum absolute atomic E-state index is 0.000970. The topological polar surface area (TPSA) is 58.2 Å². The molecule has 0 atom stereocenters. The minimum Gasteiger partial charge on any atom is -0.347 e. The monoisotopic (exact) mass is 304 g/mol. The van der Waals surface area contributed by atoms with E-state index in [1.807, 2.05) is 18.2 Å². The fourth-order valence-corrected chi connectivity index (χ4v) is 2.25. The predicted molar refractivity (Wildman–Crippen MR) is 91.1 cm³/mol. The summed E-state index contributed by atoms with van der Waals surface area (Å²) >= 11 is 0. The van der Waals surface area contributed by atoms with Crippen molar-refractivity contribution < 1.29 is 9.59 Å². The Morgan fingerprint density at radius 2 is 1.45 bits per heavy atom. The van der Waals surface area contributed by atoms with Crippen LogP contribution in [0.4, 0.5) is 5.69 Å². The van der Waals surface area contributed by atoms with Crippen LogP contribution in [-0.2, 0) is 9.59 Å². The summed E-state index contributed by atoms with van der Waals surface area (Å²) < 4.78 is 0. The van der Waals surface area contributed by atoms with Crippen LogP contribution in [0.5, 0.6) is 0 Å². The molecule has 0 spiro atoms. The standard InChI is InChI=1S/C18H28N2O2/c1-11(2)14-8-7-9-15(12(3)4)17(14)20-16(21)10-19-18(22)13(5)6/h7-9,11-13H,10H2,1-6H3,(H,19,22)(H,20,21). The summed E-state index contributed by atoms with van der Waals surface area (Å²) in [4.78, 5) is 23.7. The number of rotatable bonds is 6. The fraction of sp³-hybridized carbons (Fsp3) is 0.556. The molecule has 1 rings (SSSR count). The van der Waals surface area contributed by atoms with Gasteiger partial charge in [0.15, 0.2) is 0 Å². The summed E-state index contributed by atoms with van der Waals surface area (Å²) in [5.74, 6) is 0.209. The van der Waals surface area contributed by atoms with Crippen LogP contribution in [0.15, 0.2) is 18.2 Å². The van der Waals surface area contributed by atoms with Crippen LogP contribution in [0.25, 0.3) is 0 Å². The molecule has 122 valence electrons. The zero-order valence-corrected chi connectivity index (χ0v) is 14.5. The summed E-state index contributed by atoms with van der Waals surface area (Å²) in [7, 11) is 0. The van der Waals surface area contributed by atoms with Crippen molar-refractivity contribution in [2.75, 3.05) is 11.9 Å². The number of carbonyl (C=O) groups excluding carboxylic acids is 2. The molecule has 0 radical (unpaired) electrons. The first-order valence-corrected chi connectivity index (χ1v) is 7.94. The smallest absolute Gasteiger partial charge is 0.243 e. The number of hydrogen-bond donors (Lipinski definition) is 2. The molecule has 22 heavy (non-hydrogen) atoms. The summed E-state index contributed by atoms with van der Waals surface area (Å²) in [6.07, 6.45) is 0. The lowest BCUT2D eigenvalue weighted by atomic mass is 9.92. The van der Waals surface area contributed by atoms with E-state index < -0.39 is 0 Å². The highest BCUT2D eigenvalue weighted by molar-refractivity contribution is 5.96. The summed E-state index contributed by atoms with van der Waals surface area (Å²) in [6.45, 7) is 12.0. The van der Waals surface area contributed by atoms with Gasteiger partial charge in [-0.25, -0.2) is 0 Å². The molecule has 1 aromatic rings. The summed E-state index contributed by atoms with van der Waals surface area (Å²) in [5, 5.41) is 5.63. The molecule has 1 aromatic carbocycles. The molecule has 0 saturated heterocycles. The van der Waals surface area contributed by atoms with Gasteiger partial charge in [-0.05, 0) is 23.0 Å². The van der Waals surface area contributed by atoms with Crippen molar-refractivity contribution in [2.24, 2.45) is 5.92 Å². The first kappa shape index (κ1) is 18.2. The number of hydrogen-bond acceptors (Lipinski definition) is 2. The van der Waals surface area contributed by atoms with Gasteiger partial charge in [0, 0.05) is 11.6 Å². The van der Waals surface area contributed by atoms with E-state index in [2.05, 4.69) is 38.3 Å². The molecule has 0 saturated carbocycles. The van der Waals surface area contributed by atoms with Gasteiger partial charge in [-0.3, -0.25) is 9.59 Å². The number of carbonyl (C=O) groups is 2. The van der Waals surface area contributed by atoms with Gasteiger partial charge in [-0.1, -0.05) is 59.7 Å². The van der Waals surface area contributed by atoms with E-state index >= 15 is 0 Å². The third-order valence-electron chi connectivity index (χ3n) is 3.58. The van der Waals surface area contributed by atoms with Crippen molar-refractivity contribution in [1.29, 1.82) is 0 Å². The van der Waals surface area contributed by atoms with Gasteiger partial charge in [-0.15, -0.1) is 0 Å². The zero-order chi connectivity index (χ0) is 16.9. The Morgan fingerprint density at radius 3 is 1.86 bits per heavy atom. The van der Waals surface area contributed by atoms with E-state index in [1.165, 1.54) is 0 Å². The average Bonchev–Trinajstić information content (AvgIpc) is 2.44. The molecule has 0 aliphatic heterocycles. The molecule has 4 nitrogen and oxygen atoms in total. The van der Waals surface area contributed by atoms with Crippen molar-refractivity contribution in [1.82, 2.24) is 5.32 Å². The van der Waals surface area contributed by atoms with E-state index in [1.54, 1.807) is 13.8 Å². The summed E-state index contributed by atoms with van der Waals surface area (Å²) in [6, 6.07) is 6.11. The highest BCUT2D eigenvalue weighted by Gasteiger charge is 2.16. The van der Waals surface area contributed by atoms with Gasteiger partial charge in [0.2, 0.25) is 11.8 Å². The first-order chi connectivity index (χ1) is 10.2. The van der Waals surface area contributed by atoms with E-state index in [-0.39, 0.29) is 24.3 Å². The van der Waals surface area contributed by atoms with Gasteiger partial charge in [0.1, 0.15) is 0 Å². The van der Waals surface area contributed by atoms with E-state index in [9.17, 15) is 9.59 Å². The molecule has 2 N–H and O–H groups in total. The molecule has 0 heterocycles. The molecular weight excluding hydrogens is 276 g/mol. The molecule has 4 heteroatoms. The molecule has 0 aliphatic carbocycles. The van der Waals surface area contributed by atoms with Gasteiger partial charge in [-0.2, -0.15) is 0 Å². The second kappa shape index (κ2) is 7.97. The van der Waals surface area contributed by atoms with Crippen LogP contribution in [0.3, 0.4) is 0 Å². The lowest BCUT2D eigenvalue weighted by molar-refractivity contribution is -0.126. The van der Waals surface area contributed by atoms with Crippen molar-refractivity contribution in [2.45, 2.75) is 53.4 Å².